The molecule has 3 fully saturated rings. The van der Waals surface area contributed by atoms with Crippen LogP contribution in [0.3, 0.4) is 0 Å². The number of amides is 3. The number of fused-ring (bicyclic) bond motifs is 1. The van der Waals surface area contributed by atoms with E-state index in [1.54, 1.807) is 4.90 Å². The van der Waals surface area contributed by atoms with Crippen LogP contribution in [-0.4, -0.2) is 59.2 Å². The van der Waals surface area contributed by atoms with E-state index in [0.717, 1.165) is 42.9 Å². The SMILES string of the molecule is O=C1CCC(N2Cc3cccc(CN4CCCC(C5CCCN5)C4)c3C2=O)C(=O)N1. The molecule has 0 aromatic heterocycles. The Morgan fingerprint density at radius 1 is 1.07 bits per heavy atom. The van der Waals surface area contributed by atoms with Crippen molar-refractivity contribution in [3.63, 3.8) is 0 Å². The highest BCUT2D eigenvalue weighted by Crippen LogP contribution is 2.32. The van der Waals surface area contributed by atoms with Crippen molar-refractivity contribution >= 4 is 17.7 Å². The van der Waals surface area contributed by atoms with Gasteiger partial charge in [0.1, 0.15) is 6.04 Å². The molecular weight excluding hydrogens is 380 g/mol. The Balaban J connectivity index is 1.31. The van der Waals surface area contributed by atoms with Gasteiger partial charge < -0.3 is 10.2 Å². The zero-order valence-electron chi connectivity index (χ0n) is 17.4. The van der Waals surface area contributed by atoms with Crippen molar-refractivity contribution in [3.8, 4) is 0 Å². The molecule has 7 heteroatoms. The van der Waals surface area contributed by atoms with Crippen LogP contribution in [0.2, 0.25) is 0 Å². The Morgan fingerprint density at radius 2 is 1.97 bits per heavy atom. The summed E-state index contributed by atoms with van der Waals surface area (Å²) in [6.07, 6.45) is 5.73. The Kier molecular flexibility index (Phi) is 5.33. The minimum absolute atomic E-state index is 0.0684. The third kappa shape index (κ3) is 3.65. The van der Waals surface area contributed by atoms with Crippen LogP contribution in [0.15, 0.2) is 18.2 Å². The number of hydrogen-bond acceptors (Lipinski definition) is 5. The molecule has 3 unspecified atom stereocenters. The number of hydrogen-bond donors (Lipinski definition) is 2. The Morgan fingerprint density at radius 3 is 2.77 bits per heavy atom. The highest BCUT2D eigenvalue weighted by molar-refractivity contribution is 6.05. The molecule has 7 nitrogen and oxygen atoms in total. The second kappa shape index (κ2) is 8.12. The molecule has 1 aromatic rings. The first kappa shape index (κ1) is 19.7. The lowest BCUT2D eigenvalue weighted by Crippen LogP contribution is -2.52. The maximum atomic E-state index is 13.3. The molecule has 4 aliphatic heterocycles. The van der Waals surface area contributed by atoms with Gasteiger partial charge in [-0.25, -0.2) is 0 Å². The van der Waals surface area contributed by atoms with E-state index in [4.69, 9.17) is 0 Å². The number of nitrogens with one attached hydrogen (secondary N) is 2. The molecule has 2 N–H and O–H groups in total. The number of benzene rings is 1. The number of imide groups is 1. The number of carbonyl (C=O) groups is 3. The van der Waals surface area contributed by atoms with Gasteiger partial charge in [-0.15, -0.1) is 0 Å². The summed E-state index contributed by atoms with van der Waals surface area (Å²) in [6.45, 7) is 4.51. The fourth-order valence-electron chi connectivity index (χ4n) is 5.74. The molecule has 1 aromatic carbocycles. The van der Waals surface area contributed by atoms with Gasteiger partial charge in [-0.2, -0.15) is 0 Å². The number of likely N-dealkylation sites (tertiary alicyclic amines) is 1. The van der Waals surface area contributed by atoms with Crippen LogP contribution in [0.25, 0.3) is 0 Å². The van der Waals surface area contributed by atoms with Crippen LogP contribution in [0.4, 0.5) is 0 Å². The molecule has 0 spiro atoms. The lowest BCUT2D eigenvalue weighted by molar-refractivity contribution is -0.136. The maximum Gasteiger partial charge on any atom is 0.255 e. The molecule has 4 heterocycles. The molecule has 4 aliphatic rings. The van der Waals surface area contributed by atoms with Gasteiger partial charge in [0.15, 0.2) is 0 Å². The molecule has 3 saturated heterocycles. The van der Waals surface area contributed by atoms with Crippen molar-refractivity contribution < 1.29 is 14.4 Å². The van der Waals surface area contributed by atoms with E-state index in [0.29, 0.717) is 24.9 Å². The molecule has 0 saturated carbocycles. The highest BCUT2D eigenvalue weighted by atomic mass is 16.2. The van der Waals surface area contributed by atoms with Crippen molar-refractivity contribution in [2.24, 2.45) is 5.92 Å². The summed E-state index contributed by atoms with van der Waals surface area (Å²) in [4.78, 5) is 41.2. The molecular formula is C23H30N4O3. The normalized spacial score (nSPS) is 29.9. The molecule has 0 aliphatic carbocycles. The van der Waals surface area contributed by atoms with Gasteiger partial charge in [0.25, 0.3) is 5.91 Å². The predicted molar refractivity (Wildman–Crippen MR) is 112 cm³/mol. The third-order valence-electron chi connectivity index (χ3n) is 7.24. The minimum atomic E-state index is -0.553. The Hall–Kier alpha value is -2.25. The van der Waals surface area contributed by atoms with Crippen LogP contribution < -0.4 is 10.6 Å². The van der Waals surface area contributed by atoms with Crippen molar-refractivity contribution in [3.05, 3.63) is 34.9 Å². The third-order valence-corrected chi connectivity index (χ3v) is 7.24. The number of rotatable bonds is 4. The van der Waals surface area contributed by atoms with Crippen molar-refractivity contribution in [1.29, 1.82) is 0 Å². The van der Waals surface area contributed by atoms with E-state index >= 15 is 0 Å². The molecule has 0 radical (unpaired) electrons. The van der Waals surface area contributed by atoms with Gasteiger partial charge in [-0.1, -0.05) is 18.2 Å². The van der Waals surface area contributed by atoms with E-state index in [9.17, 15) is 14.4 Å². The largest absolute Gasteiger partial charge is 0.322 e. The van der Waals surface area contributed by atoms with Crippen LogP contribution in [-0.2, 0) is 22.7 Å². The Bertz CT molecular complexity index is 864. The molecule has 5 rings (SSSR count). The summed E-state index contributed by atoms with van der Waals surface area (Å²) in [7, 11) is 0. The van der Waals surface area contributed by atoms with Crippen LogP contribution in [0, 0.1) is 5.92 Å². The van der Waals surface area contributed by atoms with Crippen LogP contribution in [0.5, 0.6) is 0 Å². The first-order valence-corrected chi connectivity index (χ1v) is 11.3. The topological polar surface area (TPSA) is 81.8 Å². The van der Waals surface area contributed by atoms with Crippen LogP contribution in [0.1, 0.15) is 60.0 Å². The minimum Gasteiger partial charge on any atom is -0.322 e. The zero-order chi connectivity index (χ0) is 20.7. The van der Waals surface area contributed by atoms with Gasteiger partial charge in [0.2, 0.25) is 11.8 Å². The standard InChI is InChI=1S/C23H30N4O3/c28-20-9-8-19(22(29)25-20)27-14-17-5-1-4-16(21(17)23(27)30)13-26-11-3-6-15(12-26)18-7-2-10-24-18/h1,4-5,15,18-19,24H,2-3,6-14H2,(H,25,28,29). The number of piperidine rings is 2. The summed E-state index contributed by atoms with van der Waals surface area (Å²) in [5, 5.41) is 6.04. The molecule has 30 heavy (non-hydrogen) atoms. The average Bonchev–Trinajstić information content (AvgIpc) is 3.38. The molecule has 160 valence electrons. The van der Waals surface area contributed by atoms with Crippen LogP contribution >= 0.6 is 0 Å². The van der Waals surface area contributed by atoms with E-state index in [1.807, 2.05) is 12.1 Å². The van der Waals surface area contributed by atoms with Gasteiger partial charge >= 0.3 is 0 Å². The van der Waals surface area contributed by atoms with E-state index in [1.165, 1.54) is 25.7 Å². The van der Waals surface area contributed by atoms with E-state index in [-0.39, 0.29) is 24.1 Å². The summed E-state index contributed by atoms with van der Waals surface area (Å²) < 4.78 is 0. The summed E-state index contributed by atoms with van der Waals surface area (Å²) in [6, 6.07) is 6.16. The van der Waals surface area contributed by atoms with Gasteiger partial charge in [0, 0.05) is 37.7 Å². The lowest BCUT2D eigenvalue weighted by atomic mass is 9.89. The summed E-state index contributed by atoms with van der Waals surface area (Å²) in [5.74, 6) is 0.0178. The number of carbonyl (C=O) groups excluding carboxylic acids is 3. The lowest BCUT2D eigenvalue weighted by Gasteiger charge is -2.36. The zero-order valence-corrected chi connectivity index (χ0v) is 17.4. The average molecular weight is 411 g/mol. The van der Waals surface area contributed by atoms with Crippen molar-refractivity contribution in [1.82, 2.24) is 20.4 Å². The monoisotopic (exact) mass is 410 g/mol. The summed E-state index contributed by atoms with van der Waals surface area (Å²) in [5.41, 5.74) is 2.82. The number of nitrogens with zero attached hydrogens (tertiary/aromatic N) is 2. The quantitative estimate of drug-likeness (QED) is 0.734. The fraction of sp³-hybridized carbons (Fsp3) is 0.609. The fourth-order valence-corrected chi connectivity index (χ4v) is 5.74. The van der Waals surface area contributed by atoms with Crippen molar-refractivity contribution in [2.75, 3.05) is 19.6 Å². The highest BCUT2D eigenvalue weighted by Gasteiger charge is 2.40. The first-order chi connectivity index (χ1) is 14.6. The predicted octanol–water partition coefficient (Wildman–Crippen LogP) is 1.41. The second-order valence-corrected chi connectivity index (χ2v) is 9.19. The van der Waals surface area contributed by atoms with Gasteiger partial charge in [0.05, 0.1) is 0 Å². The molecule has 3 amide bonds. The molecule has 0 bridgehead atoms. The van der Waals surface area contributed by atoms with Crippen molar-refractivity contribution in [2.45, 2.75) is 63.7 Å². The van der Waals surface area contributed by atoms with Gasteiger partial charge in [-0.05, 0) is 62.2 Å². The molecule has 3 atom stereocenters. The second-order valence-electron chi connectivity index (χ2n) is 9.19. The Labute approximate surface area is 177 Å². The summed E-state index contributed by atoms with van der Waals surface area (Å²) >= 11 is 0. The van der Waals surface area contributed by atoms with Gasteiger partial charge in [-0.3, -0.25) is 24.6 Å². The first-order valence-electron chi connectivity index (χ1n) is 11.3. The van der Waals surface area contributed by atoms with E-state index in [2.05, 4.69) is 21.6 Å². The smallest absolute Gasteiger partial charge is 0.255 e. The maximum absolute atomic E-state index is 13.3. The van der Waals surface area contributed by atoms with E-state index < -0.39 is 6.04 Å².